The summed E-state index contributed by atoms with van der Waals surface area (Å²) in [4.78, 5) is 6.48. The molecule has 0 saturated carbocycles. The third-order valence-electron chi connectivity index (χ3n) is 3.91. The number of benzene rings is 1. The standard InChI is InChI=1S/C16H19N3O2S/c17-15-2-1-7-18-16(15)14-5-3-13(4-6-14)12-19-8-10-22(20,21)11-9-19/h1-7H,8-12,17H2. The van der Waals surface area contributed by atoms with Crippen molar-refractivity contribution < 1.29 is 8.42 Å². The minimum atomic E-state index is -2.82. The molecule has 1 aliphatic rings. The minimum Gasteiger partial charge on any atom is -0.397 e. The lowest BCUT2D eigenvalue weighted by Gasteiger charge is -2.26. The SMILES string of the molecule is Nc1cccnc1-c1ccc(CN2CCS(=O)(=O)CC2)cc1. The highest BCUT2D eigenvalue weighted by atomic mass is 32.2. The fraction of sp³-hybridized carbons (Fsp3) is 0.312. The largest absolute Gasteiger partial charge is 0.397 e. The first kappa shape index (κ1) is 15.0. The Labute approximate surface area is 130 Å². The van der Waals surface area contributed by atoms with Crippen molar-refractivity contribution in [3.05, 3.63) is 48.2 Å². The second-order valence-electron chi connectivity index (χ2n) is 5.57. The molecule has 2 heterocycles. The average Bonchev–Trinajstić information content (AvgIpc) is 2.51. The van der Waals surface area contributed by atoms with Gasteiger partial charge in [0.1, 0.15) is 0 Å². The molecular weight excluding hydrogens is 298 g/mol. The van der Waals surface area contributed by atoms with Crippen LogP contribution >= 0.6 is 0 Å². The lowest BCUT2D eigenvalue weighted by molar-refractivity contribution is 0.287. The molecule has 1 aromatic heterocycles. The first-order chi connectivity index (χ1) is 10.5. The first-order valence-electron chi connectivity index (χ1n) is 7.26. The summed E-state index contributed by atoms with van der Waals surface area (Å²) in [7, 11) is -2.82. The predicted molar refractivity (Wildman–Crippen MR) is 88.0 cm³/mol. The van der Waals surface area contributed by atoms with Crippen molar-refractivity contribution in [3.63, 3.8) is 0 Å². The summed E-state index contributed by atoms with van der Waals surface area (Å²) in [5, 5.41) is 0. The number of anilines is 1. The zero-order valence-electron chi connectivity index (χ0n) is 12.3. The molecule has 6 heteroatoms. The van der Waals surface area contributed by atoms with Gasteiger partial charge < -0.3 is 5.73 Å². The third kappa shape index (κ3) is 3.45. The van der Waals surface area contributed by atoms with E-state index in [1.807, 2.05) is 36.4 Å². The quantitative estimate of drug-likeness (QED) is 0.930. The molecule has 1 fully saturated rings. The summed E-state index contributed by atoms with van der Waals surface area (Å²) in [6.45, 7) is 1.99. The van der Waals surface area contributed by atoms with Crippen LogP contribution in [0.4, 0.5) is 5.69 Å². The van der Waals surface area contributed by atoms with Gasteiger partial charge in [0, 0.05) is 31.4 Å². The van der Waals surface area contributed by atoms with Gasteiger partial charge in [-0.05, 0) is 17.7 Å². The van der Waals surface area contributed by atoms with Crippen LogP contribution in [0.3, 0.4) is 0 Å². The number of hydrogen-bond donors (Lipinski definition) is 1. The zero-order valence-corrected chi connectivity index (χ0v) is 13.1. The first-order valence-corrected chi connectivity index (χ1v) is 9.08. The van der Waals surface area contributed by atoms with E-state index in [4.69, 9.17) is 5.73 Å². The van der Waals surface area contributed by atoms with Crippen LogP contribution in [0.1, 0.15) is 5.56 Å². The number of pyridine rings is 1. The molecule has 2 aromatic rings. The monoisotopic (exact) mass is 317 g/mol. The maximum absolute atomic E-state index is 11.4. The van der Waals surface area contributed by atoms with Gasteiger partial charge in [0.25, 0.3) is 0 Å². The molecule has 0 amide bonds. The molecule has 0 radical (unpaired) electrons. The molecule has 0 unspecified atom stereocenters. The van der Waals surface area contributed by atoms with Crippen LogP contribution in [0.15, 0.2) is 42.6 Å². The lowest BCUT2D eigenvalue weighted by atomic mass is 10.1. The molecule has 5 nitrogen and oxygen atoms in total. The van der Waals surface area contributed by atoms with E-state index < -0.39 is 9.84 Å². The van der Waals surface area contributed by atoms with Crippen LogP contribution in [0, 0.1) is 0 Å². The average molecular weight is 317 g/mol. The molecule has 1 saturated heterocycles. The Hall–Kier alpha value is -1.92. The molecule has 0 aliphatic carbocycles. The van der Waals surface area contributed by atoms with Gasteiger partial charge in [-0.15, -0.1) is 0 Å². The van der Waals surface area contributed by atoms with E-state index >= 15 is 0 Å². The molecule has 116 valence electrons. The number of aromatic nitrogens is 1. The number of nitrogens with two attached hydrogens (primary N) is 1. The van der Waals surface area contributed by atoms with Crippen molar-refractivity contribution in [2.24, 2.45) is 0 Å². The molecular formula is C16H19N3O2S. The summed E-state index contributed by atoms with van der Waals surface area (Å²) in [6, 6.07) is 11.8. The predicted octanol–water partition coefficient (Wildman–Crippen LogP) is 1.56. The second kappa shape index (κ2) is 6.06. The Morgan fingerprint density at radius 3 is 2.41 bits per heavy atom. The molecule has 0 spiro atoms. The summed E-state index contributed by atoms with van der Waals surface area (Å²) in [6.07, 6.45) is 1.73. The summed E-state index contributed by atoms with van der Waals surface area (Å²) in [5.74, 6) is 0.519. The van der Waals surface area contributed by atoms with Gasteiger partial charge in [0.15, 0.2) is 9.84 Å². The Balaban J connectivity index is 1.69. The van der Waals surface area contributed by atoms with Crippen LogP contribution in [0.2, 0.25) is 0 Å². The number of nitrogens with zero attached hydrogens (tertiary/aromatic N) is 2. The summed E-state index contributed by atoms with van der Waals surface area (Å²) in [5.41, 5.74) is 9.54. The van der Waals surface area contributed by atoms with Gasteiger partial charge >= 0.3 is 0 Å². The Kier molecular flexibility index (Phi) is 4.13. The van der Waals surface area contributed by atoms with E-state index in [1.54, 1.807) is 6.20 Å². The van der Waals surface area contributed by atoms with Gasteiger partial charge in [-0.1, -0.05) is 24.3 Å². The second-order valence-corrected chi connectivity index (χ2v) is 7.87. The minimum absolute atomic E-state index is 0.259. The molecule has 0 bridgehead atoms. The van der Waals surface area contributed by atoms with Gasteiger partial charge in [-0.2, -0.15) is 0 Å². The van der Waals surface area contributed by atoms with E-state index in [1.165, 1.54) is 0 Å². The van der Waals surface area contributed by atoms with E-state index in [2.05, 4.69) is 9.88 Å². The number of hydrogen-bond acceptors (Lipinski definition) is 5. The van der Waals surface area contributed by atoms with Gasteiger partial charge in [-0.3, -0.25) is 9.88 Å². The van der Waals surface area contributed by atoms with Crippen molar-refractivity contribution >= 4 is 15.5 Å². The van der Waals surface area contributed by atoms with E-state index in [0.29, 0.717) is 18.8 Å². The maximum atomic E-state index is 11.4. The van der Waals surface area contributed by atoms with Crippen LogP contribution in [0.25, 0.3) is 11.3 Å². The van der Waals surface area contributed by atoms with Crippen molar-refractivity contribution in [2.75, 3.05) is 30.3 Å². The highest BCUT2D eigenvalue weighted by Crippen LogP contribution is 2.23. The lowest BCUT2D eigenvalue weighted by Crippen LogP contribution is -2.39. The van der Waals surface area contributed by atoms with Crippen LogP contribution < -0.4 is 5.73 Å². The van der Waals surface area contributed by atoms with Crippen molar-refractivity contribution in [1.82, 2.24) is 9.88 Å². The topological polar surface area (TPSA) is 76.3 Å². The van der Waals surface area contributed by atoms with Crippen LogP contribution in [-0.2, 0) is 16.4 Å². The molecule has 3 rings (SSSR count). The fourth-order valence-electron chi connectivity index (χ4n) is 2.59. The molecule has 22 heavy (non-hydrogen) atoms. The summed E-state index contributed by atoms with van der Waals surface area (Å²) < 4.78 is 22.9. The summed E-state index contributed by atoms with van der Waals surface area (Å²) >= 11 is 0. The van der Waals surface area contributed by atoms with Crippen LogP contribution in [-0.4, -0.2) is 42.9 Å². The zero-order chi connectivity index (χ0) is 15.6. The Morgan fingerprint density at radius 2 is 1.77 bits per heavy atom. The highest BCUT2D eigenvalue weighted by molar-refractivity contribution is 7.91. The Bertz CT molecular complexity index is 743. The smallest absolute Gasteiger partial charge is 0.152 e. The van der Waals surface area contributed by atoms with E-state index in [-0.39, 0.29) is 11.5 Å². The highest BCUT2D eigenvalue weighted by Gasteiger charge is 2.21. The Morgan fingerprint density at radius 1 is 1.09 bits per heavy atom. The molecule has 1 aromatic carbocycles. The van der Waals surface area contributed by atoms with Crippen LogP contribution in [0.5, 0.6) is 0 Å². The normalized spacial score (nSPS) is 18.2. The molecule has 1 aliphatic heterocycles. The molecule has 0 atom stereocenters. The van der Waals surface area contributed by atoms with Gasteiger partial charge in [0.2, 0.25) is 0 Å². The number of sulfone groups is 1. The van der Waals surface area contributed by atoms with E-state index in [9.17, 15) is 8.42 Å². The van der Waals surface area contributed by atoms with Gasteiger partial charge in [0.05, 0.1) is 22.9 Å². The number of rotatable bonds is 3. The van der Waals surface area contributed by atoms with E-state index in [0.717, 1.165) is 23.4 Å². The maximum Gasteiger partial charge on any atom is 0.152 e. The van der Waals surface area contributed by atoms with Crippen molar-refractivity contribution in [2.45, 2.75) is 6.54 Å². The fourth-order valence-corrected chi connectivity index (χ4v) is 3.87. The van der Waals surface area contributed by atoms with Gasteiger partial charge in [-0.25, -0.2) is 8.42 Å². The molecule has 2 N–H and O–H groups in total. The van der Waals surface area contributed by atoms with Crippen molar-refractivity contribution in [3.8, 4) is 11.3 Å². The number of nitrogen functional groups attached to an aromatic ring is 1. The van der Waals surface area contributed by atoms with Crippen molar-refractivity contribution in [1.29, 1.82) is 0 Å². The third-order valence-corrected chi connectivity index (χ3v) is 5.52.